The summed E-state index contributed by atoms with van der Waals surface area (Å²) in [7, 11) is 0. The molecule has 15 heavy (non-hydrogen) atoms. The van der Waals surface area contributed by atoms with Crippen molar-refractivity contribution in [3.8, 4) is 0 Å². The molecule has 0 spiro atoms. The van der Waals surface area contributed by atoms with Gasteiger partial charge in [-0.05, 0) is 37.9 Å². The summed E-state index contributed by atoms with van der Waals surface area (Å²) >= 11 is 9.73. The molecule has 2 aromatic rings. The predicted octanol–water partition coefficient (Wildman–Crippen LogP) is 4.16. The van der Waals surface area contributed by atoms with Crippen LogP contribution in [-0.4, -0.2) is 10.8 Å². The zero-order valence-electron chi connectivity index (χ0n) is 7.37. The zero-order valence-corrected chi connectivity index (χ0v) is 12.2. The van der Waals surface area contributed by atoms with Gasteiger partial charge in [-0.2, -0.15) is 0 Å². The van der Waals surface area contributed by atoms with Gasteiger partial charge >= 0.3 is 0 Å². The minimum atomic E-state index is 0.0961. The normalized spacial score (nSPS) is 10.5. The number of thiazole rings is 1. The maximum atomic E-state index is 11.9. The summed E-state index contributed by atoms with van der Waals surface area (Å²) in [6.07, 6.45) is 2.09. The first kappa shape index (κ1) is 11.4. The Labute approximate surface area is 112 Å². The van der Waals surface area contributed by atoms with Crippen molar-refractivity contribution in [3.05, 3.63) is 35.8 Å². The van der Waals surface area contributed by atoms with Gasteiger partial charge in [-0.25, -0.2) is 4.98 Å². The molecule has 2 rings (SSSR count). The molecule has 0 atom stereocenters. The Kier molecular flexibility index (Phi) is 3.71. The minimum Gasteiger partial charge on any atom is -0.294 e. The number of carbonyl (C=O) groups excluding carboxylic acids is 1. The molecule has 0 aliphatic rings. The van der Waals surface area contributed by atoms with Crippen molar-refractivity contribution < 1.29 is 4.79 Å². The SMILES string of the molecule is O=C(Cc1nccs1)c1cc(Br)sc1Br. The van der Waals surface area contributed by atoms with Crippen LogP contribution in [0.4, 0.5) is 0 Å². The molecule has 0 aliphatic heterocycles. The van der Waals surface area contributed by atoms with E-state index in [1.807, 2.05) is 11.4 Å². The molecule has 0 aliphatic carbocycles. The molecule has 0 saturated carbocycles. The van der Waals surface area contributed by atoms with E-state index in [4.69, 9.17) is 0 Å². The van der Waals surface area contributed by atoms with Crippen LogP contribution < -0.4 is 0 Å². The van der Waals surface area contributed by atoms with E-state index in [0.29, 0.717) is 6.42 Å². The molecule has 0 aromatic carbocycles. The molecule has 78 valence electrons. The van der Waals surface area contributed by atoms with Gasteiger partial charge in [-0.3, -0.25) is 4.79 Å². The summed E-state index contributed by atoms with van der Waals surface area (Å²) in [5.41, 5.74) is 0.724. The number of ketones is 1. The fourth-order valence-corrected chi connectivity index (χ4v) is 4.57. The number of carbonyl (C=O) groups is 1. The molecule has 0 bridgehead atoms. The van der Waals surface area contributed by atoms with Crippen molar-refractivity contribution >= 4 is 60.3 Å². The summed E-state index contributed by atoms with van der Waals surface area (Å²) in [6.45, 7) is 0. The molecule has 2 heterocycles. The monoisotopic (exact) mass is 365 g/mol. The van der Waals surface area contributed by atoms with E-state index in [-0.39, 0.29) is 5.78 Å². The Bertz CT molecular complexity index is 478. The standard InChI is InChI=1S/C9H5Br2NOS2/c10-7-3-5(9(11)15-7)6(13)4-8-12-1-2-14-8/h1-3H,4H2. The third-order valence-electron chi connectivity index (χ3n) is 1.75. The maximum Gasteiger partial charge on any atom is 0.171 e. The van der Waals surface area contributed by atoms with Crippen molar-refractivity contribution in [2.75, 3.05) is 0 Å². The van der Waals surface area contributed by atoms with E-state index >= 15 is 0 Å². The van der Waals surface area contributed by atoms with Crippen molar-refractivity contribution in [2.24, 2.45) is 0 Å². The second-order valence-corrected chi connectivity index (χ2v) is 7.49. The van der Waals surface area contributed by atoms with Crippen LogP contribution in [0, 0.1) is 0 Å². The van der Waals surface area contributed by atoms with Gasteiger partial charge in [0.1, 0.15) is 5.01 Å². The van der Waals surface area contributed by atoms with Gasteiger partial charge in [-0.1, -0.05) is 0 Å². The lowest BCUT2D eigenvalue weighted by Gasteiger charge is -1.95. The first-order valence-corrected chi connectivity index (χ1v) is 7.31. The number of halogens is 2. The average molecular weight is 367 g/mol. The number of rotatable bonds is 3. The van der Waals surface area contributed by atoms with Crippen molar-refractivity contribution in [1.82, 2.24) is 4.98 Å². The summed E-state index contributed by atoms with van der Waals surface area (Å²) in [5, 5.41) is 2.73. The van der Waals surface area contributed by atoms with Crippen molar-refractivity contribution in [2.45, 2.75) is 6.42 Å². The van der Waals surface area contributed by atoms with Crippen LogP contribution >= 0.6 is 54.5 Å². The first-order chi connectivity index (χ1) is 7.16. The van der Waals surface area contributed by atoms with Crippen LogP contribution in [0.5, 0.6) is 0 Å². The van der Waals surface area contributed by atoms with Crippen LogP contribution in [0.2, 0.25) is 0 Å². The number of nitrogens with zero attached hydrogens (tertiary/aromatic N) is 1. The van der Waals surface area contributed by atoms with Crippen LogP contribution in [0.1, 0.15) is 15.4 Å². The second kappa shape index (κ2) is 4.86. The first-order valence-electron chi connectivity index (χ1n) is 4.03. The van der Waals surface area contributed by atoms with E-state index in [1.165, 1.54) is 22.7 Å². The van der Waals surface area contributed by atoms with E-state index < -0.39 is 0 Å². The van der Waals surface area contributed by atoms with Crippen LogP contribution in [-0.2, 0) is 6.42 Å². The predicted molar refractivity (Wildman–Crippen MR) is 69.9 cm³/mol. The van der Waals surface area contributed by atoms with E-state index in [2.05, 4.69) is 36.8 Å². The Morgan fingerprint density at radius 3 is 2.80 bits per heavy atom. The van der Waals surface area contributed by atoms with Crippen LogP contribution in [0.3, 0.4) is 0 Å². The molecule has 0 saturated heterocycles. The Morgan fingerprint density at radius 1 is 1.47 bits per heavy atom. The van der Waals surface area contributed by atoms with Gasteiger partial charge in [0.2, 0.25) is 0 Å². The Morgan fingerprint density at radius 2 is 2.27 bits per heavy atom. The summed E-state index contributed by atoms with van der Waals surface area (Å²) in [4.78, 5) is 16.0. The van der Waals surface area contributed by atoms with Crippen LogP contribution in [0.15, 0.2) is 25.2 Å². The highest BCUT2D eigenvalue weighted by molar-refractivity contribution is 9.12. The number of hydrogen-bond donors (Lipinski definition) is 0. The highest BCUT2D eigenvalue weighted by Gasteiger charge is 2.14. The van der Waals surface area contributed by atoms with Gasteiger partial charge in [0.05, 0.1) is 14.0 Å². The number of aromatic nitrogens is 1. The molecular weight excluding hydrogens is 362 g/mol. The van der Waals surface area contributed by atoms with E-state index in [1.54, 1.807) is 6.20 Å². The fraction of sp³-hybridized carbons (Fsp3) is 0.111. The van der Waals surface area contributed by atoms with Gasteiger partial charge in [-0.15, -0.1) is 22.7 Å². The quantitative estimate of drug-likeness (QED) is 0.763. The molecule has 0 radical (unpaired) electrons. The van der Waals surface area contributed by atoms with Gasteiger partial charge in [0, 0.05) is 17.1 Å². The molecule has 0 unspecified atom stereocenters. The van der Waals surface area contributed by atoms with Crippen molar-refractivity contribution in [3.63, 3.8) is 0 Å². The van der Waals surface area contributed by atoms with Crippen LogP contribution in [0.25, 0.3) is 0 Å². The molecule has 0 amide bonds. The fourth-order valence-electron chi connectivity index (χ4n) is 1.10. The maximum absolute atomic E-state index is 11.9. The highest BCUT2D eigenvalue weighted by Crippen LogP contribution is 2.32. The third kappa shape index (κ3) is 2.75. The summed E-state index contributed by atoms with van der Waals surface area (Å²) < 4.78 is 1.83. The lowest BCUT2D eigenvalue weighted by Crippen LogP contribution is -2.02. The van der Waals surface area contributed by atoms with Gasteiger partial charge < -0.3 is 0 Å². The second-order valence-electron chi connectivity index (χ2n) is 2.76. The zero-order chi connectivity index (χ0) is 10.8. The van der Waals surface area contributed by atoms with E-state index in [0.717, 1.165) is 18.1 Å². The number of Topliss-reactive ketones (excluding diaryl/α,β-unsaturated/α-hetero) is 1. The molecule has 2 aromatic heterocycles. The molecule has 2 nitrogen and oxygen atoms in total. The minimum absolute atomic E-state index is 0.0961. The average Bonchev–Trinajstić information content (AvgIpc) is 2.75. The molecule has 0 N–H and O–H groups in total. The van der Waals surface area contributed by atoms with E-state index in [9.17, 15) is 4.79 Å². The molecule has 0 fully saturated rings. The molecule has 6 heteroatoms. The van der Waals surface area contributed by atoms with Gasteiger partial charge in [0.25, 0.3) is 0 Å². The molecular formula is C9H5Br2NOS2. The largest absolute Gasteiger partial charge is 0.294 e. The number of hydrogen-bond acceptors (Lipinski definition) is 4. The summed E-state index contributed by atoms with van der Waals surface area (Å²) in [5.74, 6) is 0.0961. The third-order valence-corrected chi connectivity index (χ3v) is 4.87. The lowest BCUT2D eigenvalue weighted by atomic mass is 10.2. The summed E-state index contributed by atoms with van der Waals surface area (Å²) in [6, 6.07) is 1.84. The number of thiophene rings is 1. The smallest absolute Gasteiger partial charge is 0.171 e. The van der Waals surface area contributed by atoms with Crippen molar-refractivity contribution in [1.29, 1.82) is 0 Å². The highest BCUT2D eigenvalue weighted by atomic mass is 79.9. The Hall–Kier alpha value is -0.0400. The lowest BCUT2D eigenvalue weighted by molar-refractivity contribution is 0.0992. The Balaban J connectivity index is 2.18. The topological polar surface area (TPSA) is 30.0 Å². The van der Waals surface area contributed by atoms with Gasteiger partial charge in [0.15, 0.2) is 5.78 Å².